The van der Waals surface area contributed by atoms with Crippen LogP contribution in [0.1, 0.15) is 42.5 Å². The van der Waals surface area contributed by atoms with E-state index in [0.29, 0.717) is 31.9 Å². The highest BCUT2D eigenvalue weighted by Gasteiger charge is 2.28. The van der Waals surface area contributed by atoms with Crippen LogP contribution in [0, 0.1) is 0 Å². The van der Waals surface area contributed by atoms with Gasteiger partial charge < -0.3 is 14.8 Å². The molecule has 0 unspecified atom stereocenters. The molecule has 2 aromatic rings. The van der Waals surface area contributed by atoms with Gasteiger partial charge in [-0.05, 0) is 68.1 Å². The van der Waals surface area contributed by atoms with Gasteiger partial charge in [0.25, 0.3) is 5.91 Å². The molecule has 4 rings (SSSR count). The van der Waals surface area contributed by atoms with E-state index < -0.39 is 26.0 Å². The van der Waals surface area contributed by atoms with E-state index in [0.717, 1.165) is 32.1 Å². The summed E-state index contributed by atoms with van der Waals surface area (Å²) in [6, 6.07) is 10.5. The summed E-state index contributed by atoms with van der Waals surface area (Å²) in [6.45, 7) is 2.31. The SMILES string of the molecule is COc1ccc(S(=O)(=O)N2CCCCC2)cc1C(=O)NCCOc1ccc(S(=O)(=O)N2CCCC2)cc1. The Morgan fingerprint density at radius 1 is 0.811 bits per heavy atom. The molecule has 2 aromatic carbocycles. The summed E-state index contributed by atoms with van der Waals surface area (Å²) < 4.78 is 65.2. The Kier molecular flexibility index (Phi) is 8.73. The molecule has 202 valence electrons. The highest BCUT2D eigenvalue weighted by Crippen LogP contribution is 2.27. The number of hydrogen-bond acceptors (Lipinski definition) is 7. The number of nitrogens with one attached hydrogen (secondary N) is 1. The van der Waals surface area contributed by atoms with Crippen LogP contribution in [0.4, 0.5) is 0 Å². The lowest BCUT2D eigenvalue weighted by atomic mass is 10.2. The Hall–Kier alpha value is -2.67. The smallest absolute Gasteiger partial charge is 0.255 e. The zero-order valence-electron chi connectivity index (χ0n) is 20.9. The molecule has 0 atom stereocenters. The van der Waals surface area contributed by atoms with E-state index >= 15 is 0 Å². The normalized spacial score (nSPS) is 17.4. The van der Waals surface area contributed by atoms with Crippen molar-refractivity contribution in [2.75, 3.05) is 46.4 Å². The van der Waals surface area contributed by atoms with Crippen LogP contribution in [0.2, 0.25) is 0 Å². The molecule has 0 saturated carbocycles. The highest BCUT2D eigenvalue weighted by molar-refractivity contribution is 7.89. The number of amides is 1. The van der Waals surface area contributed by atoms with Crippen molar-refractivity contribution in [2.45, 2.75) is 41.9 Å². The minimum absolute atomic E-state index is 0.0561. The number of sulfonamides is 2. The summed E-state index contributed by atoms with van der Waals surface area (Å²) in [5, 5.41) is 2.72. The molecular weight excluding hydrogens is 518 g/mol. The predicted molar refractivity (Wildman–Crippen MR) is 138 cm³/mol. The number of rotatable bonds is 10. The van der Waals surface area contributed by atoms with E-state index in [1.165, 1.54) is 46.1 Å². The number of ether oxygens (including phenoxy) is 2. The minimum Gasteiger partial charge on any atom is -0.496 e. The fourth-order valence-corrected chi connectivity index (χ4v) is 7.55. The molecular formula is C25H33N3O7S2. The van der Waals surface area contributed by atoms with Gasteiger partial charge in [-0.3, -0.25) is 4.79 Å². The van der Waals surface area contributed by atoms with E-state index in [4.69, 9.17) is 9.47 Å². The molecule has 0 aliphatic carbocycles. The van der Waals surface area contributed by atoms with Crippen molar-refractivity contribution in [2.24, 2.45) is 0 Å². The molecule has 0 bridgehead atoms. The van der Waals surface area contributed by atoms with Crippen molar-refractivity contribution in [3.63, 3.8) is 0 Å². The summed E-state index contributed by atoms with van der Waals surface area (Å²) in [4.78, 5) is 13.1. The van der Waals surface area contributed by atoms with Crippen LogP contribution in [0.5, 0.6) is 11.5 Å². The zero-order chi connectivity index (χ0) is 26.5. The Balaban J connectivity index is 1.34. The Morgan fingerprint density at radius 3 is 1.95 bits per heavy atom. The molecule has 0 spiro atoms. The van der Waals surface area contributed by atoms with E-state index in [1.807, 2.05) is 0 Å². The maximum absolute atomic E-state index is 13.0. The lowest BCUT2D eigenvalue weighted by Crippen LogP contribution is -2.35. The molecule has 10 nitrogen and oxygen atoms in total. The maximum atomic E-state index is 13.0. The number of nitrogens with zero attached hydrogens (tertiary/aromatic N) is 2. The summed E-state index contributed by atoms with van der Waals surface area (Å²) in [5.74, 6) is 0.260. The number of methoxy groups -OCH3 is 1. The second kappa shape index (κ2) is 11.8. The predicted octanol–water partition coefficient (Wildman–Crippen LogP) is 2.46. The minimum atomic E-state index is -3.70. The summed E-state index contributed by atoms with van der Waals surface area (Å²) in [7, 11) is -5.77. The van der Waals surface area contributed by atoms with Gasteiger partial charge in [0.2, 0.25) is 20.0 Å². The molecule has 2 fully saturated rings. The molecule has 2 heterocycles. The van der Waals surface area contributed by atoms with Gasteiger partial charge in [0.1, 0.15) is 18.1 Å². The topological polar surface area (TPSA) is 122 Å². The molecule has 2 aliphatic heterocycles. The third-order valence-corrected chi connectivity index (χ3v) is 10.4. The van der Waals surface area contributed by atoms with Crippen LogP contribution in [0.25, 0.3) is 0 Å². The molecule has 2 aliphatic rings. The standard InChI is InChI=1S/C25H33N3O7S2/c1-34-24-12-11-22(37(32,33)28-14-3-2-4-15-28)19-23(24)25(29)26-13-18-35-20-7-9-21(10-8-20)36(30,31)27-16-5-6-17-27/h7-12,19H,2-6,13-18H2,1H3,(H,26,29). The van der Waals surface area contributed by atoms with Crippen molar-refractivity contribution in [1.29, 1.82) is 0 Å². The molecule has 0 aromatic heterocycles. The number of carbonyl (C=O) groups is 1. The van der Waals surface area contributed by atoms with Crippen LogP contribution in [-0.4, -0.2) is 77.8 Å². The van der Waals surface area contributed by atoms with E-state index in [9.17, 15) is 21.6 Å². The number of piperidine rings is 1. The fraction of sp³-hybridized carbons (Fsp3) is 0.480. The summed E-state index contributed by atoms with van der Waals surface area (Å²) in [6.07, 6.45) is 4.39. The Bertz CT molecular complexity index is 1300. The number of benzene rings is 2. The van der Waals surface area contributed by atoms with Crippen molar-refractivity contribution < 1.29 is 31.1 Å². The van der Waals surface area contributed by atoms with Gasteiger partial charge >= 0.3 is 0 Å². The van der Waals surface area contributed by atoms with Gasteiger partial charge in [-0.2, -0.15) is 8.61 Å². The fourth-order valence-electron chi connectivity index (χ4n) is 4.49. The second-order valence-corrected chi connectivity index (χ2v) is 12.9. The van der Waals surface area contributed by atoms with Crippen molar-refractivity contribution in [3.05, 3.63) is 48.0 Å². The number of hydrogen-bond donors (Lipinski definition) is 1. The maximum Gasteiger partial charge on any atom is 0.255 e. The van der Waals surface area contributed by atoms with Crippen molar-refractivity contribution >= 4 is 26.0 Å². The first-order valence-electron chi connectivity index (χ1n) is 12.4. The van der Waals surface area contributed by atoms with Gasteiger partial charge in [0, 0.05) is 26.2 Å². The monoisotopic (exact) mass is 551 g/mol. The lowest BCUT2D eigenvalue weighted by Gasteiger charge is -2.26. The number of carbonyl (C=O) groups excluding carboxylic acids is 1. The third kappa shape index (κ3) is 6.25. The van der Waals surface area contributed by atoms with Crippen molar-refractivity contribution in [1.82, 2.24) is 13.9 Å². The Labute approximate surface area is 218 Å². The van der Waals surface area contributed by atoms with Crippen molar-refractivity contribution in [3.8, 4) is 11.5 Å². The highest BCUT2D eigenvalue weighted by atomic mass is 32.2. The molecule has 12 heteroatoms. The van der Waals surface area contributed by atoms with Crippen LogP contribution < -0.4 is 14.8 Å². The van der Waals surface area contributed by atoms with Crippen LogP contribution in [0.15, 0.2) is 52.3 Å². The van der Waals surface area contributed by atoms with Gasteiger partial charge in [-0.1, -0.05) is 6.42 Å². The van der Waals surface area contributed by atoms with Gasteiger partial charge in [0.05, 0.1) is 29.0 Å². The first-order valence-corrected chi connectivity index (χ1v) is 15.3. The van der Waals surface area contributed by atoms with Crippen LogP contribution in [-0.2, 0) is 20.0 Å². The largest absolute Gasteiger partial charge is 0.496 e. The van der Waals surface area contributed by atoms with Crippen LogP contribution >= 0.6 is 0 Å². The zero-order valence-corrected chi connectivity index (χ0v) is 22.5. The third-order valence-electron chi connectivity index (χ3n) is 6.55. The quantitative estimate of drug-likeness (QED) is 0.450. The van der Waals surface area contributed by atoms with E-state index in [1.54, 1.807) is 12.1 Å². The molecule has 0 radical (unpaired) electrons. The Morgan fingerprint density at radius 2 is 1.35 bits per heavy atom. The second-order valence-electron chi connectivity index (χ2n) is 9.01. The average Bonchev–Trinajstić information content (AvgIpc) is 3.47. The van der Waals surface area contributed by atoms with Gasteiger partial charge in [-0.15, -0.1) is 0 Å². The molecule has 1 amide bonds. The molecule has 1 N–H and O–H groups in total. The van der Waals surface area contributed by atoms with E-state index in [2.05, 4.69) is 5.32 Å². The summed E-state index contributed by atoms with van der Waals surface area (Å²) >= 11 is 0. The molecule has 2 saturated heterocycles. The summed E-state index contributed by atoms with van der Waals surface area (Å²) in [5.41, 5.74) is 0.122. The first-order chi connectivity index (χ1) is 17.7. The van der Waals surface area contributed by atoms with Gasteiger partial charge in [-0.25, -0.2) is 16.8 Å². The van der Waals surface area contributed by atoms with Gasteiger partial charge in [0.15, 0.2) is 0 Å². The van der Waals surface area contributed by atoms with E-state index in [-0.39, 0.29) is 34.3 Å². The lowest BCUT2D eigenvalue weighted by molar-refractivity contribution is 0.0943. The average molecular weight is 552 g/mol. The molecule has 37 heavy (non-hydrogen) atoms. The first kappa shape index (κ1) is 27.4. The van der Waals surface area contributed by atoms with Crippen LogP contribution in [0.3, 0.4) is 0 Å².